The van der Waals surface area contributed by atoms with Gasteiger partial charge in [0.15, 0.2) is 0 Å². The van der Waals surface area contributed by atoms with E-state index in [-0.39, 0.29) is 6.54 Å². The smallest absolute Gasteiger partial charge is 0.317 e. The van der Waals surface area contributed by atoms with Crippen LogP contribution in [-0.4, -0.2) is 62.5 Å². The highest BCUT2D eigenvalue weighted by molar-refractivity contribution is 5.69. The van der Waals surface area contributed by atoms with Crippen LogP contribution in [0.2, 0.25) is 0 Å². The number of hydrogen-bond acceptors (Lipinski definition) is 4. The molecule has 1 aliphatic heterocycles. The lowest BCUT2D eigenvalue weighted by atomic mass is 10.00. The highest BCUT2D eigenvalue weighted by Gasteiger charge is 2.18. The first-order valence-corrected chi connectivity index (χ1v) is 5.73. The quantitative estimate of drug-likeness (QED) is 0.689. The van der Waals surface area contributed by atoms with Gasteiger partial charge in [-0.3, -0.25) is 9.69 Å². The first kappa shape index (κ1) is 13.4. The fraction of sp³-hybridized carbons (Fsp3) is 0.909. The van der Waals surface area contributed by atoms with Crippen LogP contribution in [0.1, 0.15) is 12.8 Å². The second-order valence-electron chi connectivity index (χ2n) is 4.18. The van der Waals surface area contributed by atoms with Crippen LogP contribution in [0, 0.1) is 5.92 Å². The molecule has 0 amide bonds. The summed E-state index contributed by atoms with van der Waals surface area (Å²) in [6.07, 6.45) is 2.06. The van der Waals surface area contributed by atoms with Crippen LogP contribution in [0.3, 0.4) is 0 Å². The second-order valence-corrected chi connectivity index (χ2v) is 4.18. The normalized spacial score (nSPS) is 17.9. The predicted molar refractivity (Wildman–Crippen MR) is 59.5 cm³/mol. The Balaban J connectivity index is 2.31. The molecule has 16 heavy (non-hydrogen) atoms. The minimum atomic E-state index is -0.775. The van der Waals surface area contributed by atoms with Gasteiger partial charge < -0.3 is 14.6 Å². The van der Waals surface area contributed by atoms with Crippen LogP contribution >= 0.6 is 0 Å². The number of carboxylic acid groups (broad SMARTS) is 1. The van der Waals surface area contributed by atoms with Crippen LogP contribution in [0.25, 0.3) is 0 Å². The van der Waals surface area contributed by atoms with E-state index in [0.717, 1.165) is 32.6 Å². The summed E-state index contributed by atoms with van der Waals surface area (Å²) < 4.78 is 10.3. The SMILES string of the molecule is COCCN(CC(=O)O)CC1CCOCC1. The van der Waals surface area contributed by atoms with Crippen LogP contribution in [0.15, 0.2) is 0 Å². The lowest BCUT2D eigenvalue weighted by Crippen LogP contribution is -2.38. The number of hydrogen-bond donors (Lipinski definition) is 1. The van der Waals surface area contributed by atoms with E-state index in [0.29, 0.717) is 19.1 Å². The largest absolute Gasteiger partial charge is 0.480 e. The van der Waals surface area contributed by atoms with Crippen molar-refractivity contribution in [2.45, 2.75) is 12.8 Å². The third-order valence-corrected chi connectivity index (χ3v) is 2.83. The fourth-order valence-corrected chi connectivity index (χ4v) is 1.94. The van der Waals surface area contributed by atoms with E-state index in [2.05, 4.69) is 0 Å². The van der Waals surface area contributed by atoms with E-state index in [9.17, 15) is 4.79 Å². The summed E-state index contributed by atoms with van der Waals surface area (Å²) in [5, 5.41) is 8.81. The summed E-state index contributed by atoms with van der Waals surface area (Å²) in [6, 6.07) is 0. The first-order chi connectivity index (χ1) is 7.72. The fourth-order valence-electron chi connectivity index (χ4n) is 1.94. The third-order valence-electron chi connectivity index (χ3n) is 2.83. The molecular formula is C11H21NO4. The molecule has 0 aromatic rings. The van der Waals surface area contributed by atoms with Crippen molar-refractivity contribution in [3.63, 3.8) is 0 Å². The zero-order valence-electron chi connectivity index (χ0n) is 9.85. The number of methoxy groups -OCH3 is 1. The van der Waals surface area contributed by atoms with Crippen molar-refractivity contribution in [1.82, 2.24) is 4.90 Å². The number of nitrogens with zero attached hydrogens (tertiary/aromatic N) is 1. The minimum Gasteiger partial charge on any atom is -0.480 e. The molecule has 0 saturated carbocycles. The third kappa shape index (κ3) is 5.44. The van der Waals surface area contributed by atoms with Crippen LogP contribution < -0.4 is 0 Å². The second kappa shape index (κ2) is 7.60. The van der Waals surface area contributed by atoms with Gasteiger partial charge in [-0.15, -0.1) is 0 Å². The minimum absolute atomic E-state index is 0.0979. The molecule has 1 rings (SSSR count). The molecule has 0 aliphatic carbocycles. The highest BCUT2D eigenvalue weighted by Crippen LogP contribution is 2.15. The van der Waals surface area contributed by atoms with Gasteiger partial charge in [-0.2, -0.15) is 0 Å². The molecule has 0 aromatic carbocycles. The maximum Gasteiger partial charge on any atom is 0.317 e. The molecular weight excluding hydrogens is 210 g/mol. The predicted octanol–water partition coefficient (Wildman–Crippen LogP) is 0.446. The molecule has 5 heteroatoms. The molecule has 0 unspecified atom stereocenters. The number of rotatable bonds is 7. The van der Waals surface area contributed by atoms with Gasteiger partial charge >= 0.3 is 5.97 Å². The van der Waals surface area contributed by atoms with E-state index in [1.165, 1.54) is 0 Å². The number of carbonyl (C=O) groups is 1. The average molecular weight is 231 g/mol. The Morgan fingerprint density at radius 3 is 2.75 bits per heavy atom. The van der Waals surface area contributed by atoms with Gasteiger partial charge in [-0.1, -0.05) is 0 Å². The molecule has 94 valence electrons. The molecule has 0 aromatic heterocycles. The van der Waals surface area contributed by atoms with Gasteiger partial charge in [0.05, 0.1) is 13.2 Å². The molecule has 0 spiro atoms. The van der Waals surface area contributed by atoms with Crippen molar-refractivity contribution >= 4 is 5.97 Å². The van der Waals surface area contributed by atoms with Crippen LogP contribution in [-0.2, 0) is 14.3 Å². The van der Waals surface area contributed by atoms with Crippen molar-refractivity contribution in [3.8, 4) is 0 Å². The summed E-state index contributed by atoms with van der Waals surface area (Å²) in [7, 11) is 1.63. The molecule has 1 fully saturated rings. The summed E-state index contributed by atoms with van der Waals surface area (Å²) in [6.45, 7) is 3.79. The lowest BCUT2D eigenvalue weighted by molar-refractivity contribution is -0.138. The maximum atomic E-state index is 10.7. The van der Waals surface area contributed by atoms with Crippen molar-refractivity contribution in [1.29, 1.82) is 0 Å². The Morgan fingerprint density at radius 1 is 1.50 bits per heavy atom. The maximum absolute atomic E-state index is 10.7. The van der Waals surface area contributed by atoms with Gasteiger partial charge in [-0.25, -0.2) is 0 Å². The first-order valence-electron chi connectivity index (χ1n) is 5.73. The Hall–Kier alpha value is -0.650. The van der Waals surface area contributed by atoms with E-state index in [4.69, 9.17) is 14.6 Å². The summed E-state index contributed by atoms with van der Waals surface area (Å²) in [5.41, 5.74) is 0. The molecule has 5 nitrogen and oxygen atoms in total. The zero-order valence-corrected chi connectivity index (χ0v) is 9.85. The topological polar surface area (TPSA) is 59.0 Å². The van der Waals surface area contributed by atoms with Crippen molar-refractivity contribution in [2.24, 2.45) is 5.92 Å². The monoisotopic (exact) mass is 231 g/mol. The van der Waals surface area contributed by atoms with Crippen LogP contribution in [0.4, 0.5) is 0 Å². The molecule has 1 aliphatic rings. The molecule has 1 heterocycles. The van der Waals surface area contributed by atoms with Crippen LogP contribution in [0.5, 0.6) is 0 Å². The summed E-state index contributed by atoms with van der Waals surface area (Å²) in [5.74, 6) is -0.215. The van der Waals surface area contributed by atoms with Crippen molar-refractivity contribution in [3.05, 3.63) is 0 Å². The molecule has 1 saturated heterocycles. The molecule has 0 bridgehead atoms. The Labute approximate surface area is 96.3 Å². The van der Waals surface area contributed by atoms with E-state index < -0.39 is 5.97 Å². The Bertz CT molecular complexity index is 204. The highest BCUT2D eigenvalue weighted by atomic mass is 16.5. The summed E-state index contributed by atoms with van der Waals surface area (Å²) >= 11 is 0. The standard InChI is InChI=1S/C11H21NO4/c1-15-7-4-12(9-11(13)14)8-10-2-5-16-6-3-10/h10H,2-9H2,1H3,(H,13,14). The molecule has 0 radical (unpaired) electrons. The van der Waals surface area contributed by atoms with E-state index >= 15 is 0 Å². The number of aliphatic carboxylic acids is 1. The van der Waals surface area contributed by atoms with Gasteiger partial charge in [0, 0.05) is 33.4 Å². The number of carboxylic acids is 1. The van der Waals surface area contributed by atoms with Gasteiger partial charge in [0.1, 0.15) is 0 Å². The zero-order chi connectivity index (χ0) is 11.8. The molecule has 0 atom stereocenters. The van der Waals surface area contributed by atoms with Gasteiger partial charge in [0.2, 0.25) is 0 Å². The lowest BCUT2D eigenvalue weighted by Gasteiger charge is -2.28. The Morgan fingerprint density at radius 2 is 2.19 bits per heavy atom. The Kier molecular flexibility index (Phi) is 6.37. The van der Waals surface area contributed by atoms with E-state index in [1.807, 2.05) is 4.90 Å². The molecule has 1 N–H and O–H groups in total. The van der Waals surface area contributed by atoms with Gasteiger partial charge in [0.25, 0.3) is 0 Å². The average Bonchev–Trinajstić information content (AvgIpc) is 2.26. The van der Waals surface area contributed by atoms with E-state index in [1.54, 1.807) is 7.11 Å². The van der Waals surface area contributed by atoms with Crippen molar-refractivity contribution < 1.29 is 19.4 Å². The number of ether oxygens (including phenoxy) is 2. The summed E-state index contributed by atoms with van der Waals surface area (Å²) in [4.78, 5) is 12.7. The van der Waals surface area contributed by atoms with Gasteiger partial charge in [-0.05, 0) is 18.8 Å². The van der Waals surface area contributed by atoms with Crippen molar-refractivity contribution in [2.75, 3.05) is 46.6 Å².